The third-order valence-corrected chi connectivity index (χ3v) is 9.50. The molecule has 3 unspecified atom stereocenters. The first-order valence-corrected chi connectivity index (χ1v) is 10.8. The molecule has 0 radical (unpaired) electrons. The zero-order valence-electron chi connectivity index (χ0n) is 17.7. The molecule has 0 amide bonds. The van der Waals surface area contributed by atoms with Crippen molar-refractivity contribution < 1.29 is 15.0 Å². The van der Waals surface area contributed by atoms with Gasteiger partial charge in [0.25, 0.3) is 0 Å². The molecule has 0 heterocycles. The van der Waals surface area contributed by atoms with E-state index >= 15 is 0 Å². The Labute approximate surface area is 169 Å². The first-order chi connectivity index (χ1) is 13.0. The molecule has 2 fully saturated rings. The number of carboxylic acid groups (broad SMARTS) is 1. The van der Waals surface area contributed by atoms with E-state index in [9.17, 15) is 15.0 Å². The van der Waals surface area contributed by atoms with E-state index in [-0.39, 0.29) is 10.8 Å². The quantitative estimate of drug-likeness (QED) is 0.664. The number of terminal acetylenes is 1. The van der Waals surface area contributed by atoms with Gasteiger partial charge in [-0.1, -0.05) is 37.5 Å². The minimum Gasteiger partial charge on any atom is -0.481 e. The predicted molar refractivity (Wildman–Crippen MR) is 110 cm³/mol. The Morgan fingerprint density at radius 3 is 2.54 bits per heavy atom. The maximum atomic E-state index is 11.7. The number of carbonyl (C=O) groups is 1. The van der Waals surface area contributed by atoms with Gasteiger partial charge in [0.1, 0.15) is 5.60 Å². The number of hydrogen-bond donors (Lipinski definition) is 2. The van der Waals surface area contributed by atoms with Gasteiger partial charge in [-0.15, -0.1) is 6.42 Å². The lowest BCUT2D eigenvalue weighted by atomic mass is 9.47. The van der Waals surface area contributed by atoms with Crippen molar-refractivity contribution in [1.29, 1.82) is 0 Å². The summed E-state index contributed by atoms with van der Waals surface area (Å²) in [5, 5.41) is 20.7. The van der Waals surface area contributed by atoms with Gasteiger partial charge in [0.05, 0.1) is 5.41 Å². The van der Waals surface area contributed by atoms with Crippen LogP contribution in [0.5, 0.6) is 0 Å². The summed E-state index contributed by atoms with van der Waals surface area (Å²) in [6.07, 6.45) is 17.1. The van der Waals surface area contributed by atoms with Gasteiger partial charge >= 0.3 is 5.97 Å². The van der Waals surface area contributed by atoms with Crippen LogP contribution in [0, 0.1) is 46.3 Å². The Morgan fingerprint density at radius 1 is 1.21 bits per heavy atom. The van der Waals surface area contributed by atoms with Gasteiger partial charge < -0.3 is 10.2 Å². The molecule has 4 aliphatic rings. The highest BCUT2D eigenvalue weighted by molar-refractivity contribution is 5.78. The van der Waals surface area contributed by atoms with Crippen LogP contribution in [0.3, 0.4) is 0 Å². The van der Waals surface area contributed by atoms with E-state index in [1.165, 1.54) is 5.57 Å². The van der Waals surface area contributed by atoms with E-state index in [1.54, 1.807) is 0 Å². The van der Waals surface area contributed by atoms with Crippen molar-refractivity contribution in [3.63, 3.8) is 0 Å². The van der Waals surface area contributed by atoms with Crippen LogP contribution >= 0.6 is 0 Å². The molecule has 0 aromatic carbocycles. The van der Waals surface area contributed by atoms with Crippen LogP contribution in [0.25, 0.3) is 0 Å². The fraction of sp³-hybridized carbons (Fsp3) is 0.720. The van der Waals surface area contributed by atoms with Crippen LogP contribution in [0.15, 0.2) is 23.3 Å². The topological polar surface area (TPSA) is 57.5 Å². The summed E-state index contributed by atoms with van der Waals surface area (Å²) < 4.78 is 0. The molecule has 3 heteroatoms. The third-order valence-electron chi connectivity index (χ3n) is 9.50. The SMILES string of the molecule is C#C[C@]1(O)CCC2C3CC=C4C=C(C(C)(C)C(=O)O)CC[C@]4(C)C3CC[C@@]21C. The van der Waals surface area contributed by atoms with Crippen LogP contribution in [0.4, 0.5) is 0 Å². The van der Waals surface area contributed by atoms with Crippen molar-refractivity contribution in [2.24, 2.45) is 34.0 Å². The van der Waals surface area contributed by atoms with E-state index in [1.807, 2.05) is 13.8 Å². The lowest BCUT2D eigenvalue weighted by molar-refractivity contribution is -0.145. The third kappa shape index (κ3) is 2.37. The lowest BCUT2D eigenvalue weighted by Crippen LogP contribution is -2.53. The molecule has 4 aliphatic carbocycles. The molecule has 0 spiro atoms. The summed E-state index contributed by atoms with van der Waals surface area (Å²) in [4.78, 5) is 11.7. The molecule has 3 nitrogen and oxygen atoms in total. The molecule has 0 saturated heterocycles. The highest BCUT2D eigenvalue weighted by Gasteiger charge is 2.63. The summed E-state index contributed by atoms with van der Waals surface area (Å²) in [5.41, 5.74) is 0.561. The zero-order chi connectivity index (χ0) is 20.5. The Kier molecular flexibility index (Phi) is 4.23. The molecule has 2 N–H and O–H groups in total. The van der Waals surface area contributed by atoms with Crippen LogP contribution in [0.1, 0.15) is 72.6 Å². The van der Waals surface area contributed by atoms with Gasteiger partial charge in [0.15, 0.2) is 0 Å². The number of fused-ring (bicyclic) bond motifs is 5. The highest BCUT2D eigenvalue weighted by Crippen LogP contribution is 2.67. The Morgan fingerprint density at radius 2 is 1.89 bits per heavy atom. The number of carboxylic acids is 1. The number of aliphatic hydroxyl groups is 1. The largest absolute Gasteiger partial charge is 0.481 e. The van der Waals surface area contributed by atoms with Crippen LogP contribution in [-0.2, 0) is 4.79 Å². The van der Waals surface area contributed by atoms with E-state index in [0.717, 1.165) is 50.5 Å². The van der Waals surface area contributed by atoms with E-state index < -0.39 is 17.0 Å². The fourth-order valence-corrected chi connectivity index (χ4v) is 7.21. The van der Waals surface area contributed by atoms with Crippen molar-refractivity contribution >= 4 is 5.97 Å². The van der Waals surface area contributed by atoms with Crippen molar-refractivity contribution in [2.45, 2.75) is 78.2 Å². The second-order valence-corrected chi connectivity index (χ2v) is 10.8. The predicted octanol–water partition coefficient (Wildman–Crippen LogP) is 4.96. The molecule has 0 aromatic heterocycles. The maximum absolute atomic E-state index is 11.7. The molecular weight excluding hydrogens is 348 g/mol. The normalized spacial score (nSPS) is 45.1. The molecule has 0 aromatic rings. The van der Waals surface area contributed by atoms with Crippen molar-refractivity contribution in [1.82, 2.24) is 0 Å². The van der Waals surface area contributed by atoms with Gasteiger partial charge in [-0.25, -0.2) is 0 Å². The van der Waals surface area contributed by atoms with Gasteiger partial charge in [0.2, 0.25) is 0 Å². The van der Waals surface area contributed by atoms with Crippen molar-refractivity contribution in [3.8, 4) is 12.3 Å². The minimum absolute atomic E-state index is 0.110. The van der Waals surface area contributed by atoms with E-state index in [4.69, 9.17) is 6.42 Å². The monoisotopic (exact) mass is 382 g/mol. The Hall–Kier alpha value is -1.53. The van der Waals surface area contributed by atoms with Crippen LogP contribution in [0.2, 0.25) is 0 Å². The summed E-state index contributed by atoms with van der Waals surface area (Å²) in [7, 11) is 0. The molecule has 2 saturated carbocycles. The number of aliphatic carboxylic acids is 1. The average molecular weight is 383 g/mol. The van der Waals surface area contributed by atoms with Crippen molar-refractivity contribution in [3.05, 3.63) is 23.3 Å². The maximum Gasteiger partial charge on any atom is 0.313 e. The molecule has 0 aliphatic heterocycles. The van der Waals surface area contributed by atoms with E-state index in [2.05, 4.69) is 31.9 Å². The fourth-order valence-electron chi connectivity index (χ4n) is 7.21. The summed E-state index contributed by atoms with van der Waals surface area (Å²) in [5.74, 6) is 3.64. The second kappa shape index (κ2) is 5.99. The van der Waals surface area contributed by atoms with Crippen LogP contribution < -0.4 is 0 Å². The van der Waals surface area contributed by atoms with Crippen molar-refractivity contribution in [2.75, 3.05) is 0 Å². The molecule has 152 valence electrons. The first-order valence-electron chi connectivity index (χ1n) is 10.8. The highest BCUT2D eigenvalue weighted by atomic mass is 16.4. The minimum atomic E-state index is -0.960. The van der Waals surface area contributed by atoms with Gasteiger partial charge in [-0.05, 0) is 87.5 Å². The number of hydrogen-bond acceptors (Lipinski definition) is 2. The molecule has 4 rings (SSSR count). The Balaban J connectivity index is 1.69. The molecular formula is C25H34O3. The molecule has 0 bridgehead atoms. The standard InChI is InChI=1S/C25H34O3/c1-6-25(28)14-11-20-18-8-7-17-15-16(22(2,3)21(26)27)9-12-23(17,4)19(18)10-13-24(20,25)5/h1,7,15,18-20,28H,8-14H2,2-5H3,(H,26,27)/t18?,19?,20?,23-,24-,25-/m0/s1. The number of allylic oxidation sites excluding steroid dienone is 3. The lowest BCUT2D eigenvalue weighted by Gasteiger charge is -2.57. The molecule has 6 atom stereocenters. The van der Waals surface area contributed by atoms with Gasteiger partial charge in [-0.2, -0.15) is 0 Å². The summed E-state index contributed by atoms with van der Waals surface area (Å²) in [6, 6.07) is 0. The smallest absolute Gasteiger partial charge is 0.313 e. The zero-order valence-corrected chi connectivity index (χ0v) is 17.7. The second-order valence-electron chi connectivity index (χ2n) is 10.8. The van der Waals surface area contributed by atoms with Gasteiger partial charge in [-0.3, -0.25) is 4.79 Å². The number of rotatable bonds is 2. The van der Waals surface area contributed by atoms with Crippen LogP contribution in [-0.4, -0.2) is 21.8 Å². The van der Waals surface area contributed by atoms with Gasteiger partial charge in [0, 0.05) is 5.41 Å². The summed E-state index contributed by atoms with van der Waals surface area (Å²) >= 11 is 0. The Bertz CT molecular complexity index is 812. The average Bonchev–Trinajstić information content (AvgIpc) is 2.92. The summed E-state index contributed by atoms with van der Waals surface area (Å²) in [6.45, 7) is 8.25. The van der Waals surface area contributed by atoms with E-state index in [0.29, 0.717) is 17.8 Å². The molecule has 28 heavy (non-hydrogen) atoms. The first kappa shape index (κ1) is 19.8.